The van der Waals surface area contributed by atoms with Crippen molar-refractivity contribution in [1.29, 1.82) is 0 Å². The number of benzene rings is 1. The molecule has 0 aliphatic carbocycles. The molecule has 0 unspecified atom stereocenters. The number of aryl methyl sites for hydroxylation is 1. The van der Waals surface area contributed by atoms with E-state index in [2.05, 4.69) is 60.6 Å². The lowest BCUT2D eigenvalue weighted by Crippen LogP contribution is -2.18. The summed E-state index contributed by atoms with van der Waals surface area (Å²) in [6, 6.07) is 4.24. The van der Waals surface area contributed by atoms with E-state index < -0.39 is 0 Å². The first-order chi connectivity index (χ1) is 8.07. The van der Waals surface area contributed by atoms with Crippen LogP contribution in [0.15, 0.2) is 12.1 Å². The van der Waals surface area contributed by atoms with Crippen molar-refractivity contribution < 1.29 is 9.09 Å². The molecule has 0 bridgehead atoms. The zero-order valence-electron chi connectivity index (χ0n) is 12.4. The number of rotatable bonds is 2. The predicted molar refractivity (Wildman–Crippen MR) is 76.8 cm³/mol. The van der Waals surface area contributed by atoms with E-state index in [1.165, 1.54) is 5.56 Å². The van der Waals surface area contributed by atoms with Crippen molar-refractivity contribution >= 4 is 8.69 Å². The summed E-state index contributed by atoms with van der Waals surface area (Å²) in [4.78, 5) is 0. The topological polar surface area (TPSA) is 26.3 Å². The molecule has 100 valence electrons. The van der Waals surface area contributed by atoms with Crippen LogP contribution in [0.3, 0.4) is 0 Å². The van der Waals surface area contributed by atoms with Gasteiger partial charge in [0.15, 0.2) is 0 Å². The van der Waals surface area contributed by atoms with Crippen LogP contribution in [0, 0.1) is 6.92 Å². The van der Waals surface area contributed by atoms with Gasteiger partial charge in [-0.3, -0.25) is 0 Å². The van der Waals surface area contributed by atoms with Gasteiger partial charge in [0.25, 0.3) is 0 Å². The highest BCUT2D eigenvalue weighted by atomic mass is 31.1. The molecule has 0 amide bonds. The number of hydrogen-bond donors (Lipinski definition) is 0. The van der Waals surface area contributed by atoms with Crippen LogP contribution < -0.4 is 4.52 Å². The summed E-state index contributed by atoms with van der Waals surface area (Å²) in [5, 5.41) is 0. The molecule has 2 nitrogen and oxygen atoms in total. The summed E-state index contributed by atoms with van der Waals surface area (Å²) in [5.74, 6) is 0.761. The van der Waals surface area contributed by atoms with Crippen molar-refractivity contribution in [2.75, 3.05) is 0 Å². The van der Waals surface area contributed by atoms with E-state index in [1.54, 1.807) is 0 Å². The van der Waals surface area contributed by atoms with Crippen molar-refractivity contribution in [2.45, 2.75) is 59.3 Å². The lowest BCUT2D eigenvalue weighted by molar-refractivity contribution is 0.480. The Labute approximate surface area is 112 Å². The van der Waals surface area contributed by atoms with Crippen molar-refractivity contribution in [3.63, 3.8) is 0 Å². The van der Waals surface area contributed by atoms with Crippen molar-refractivity contribution in [2.24, 2.45) is 0 Å². The van der Waals surface area contributed by atoms with E-state index in [-0.39, 0.29) is 19.5 Å². The summed E-state index contributed by atoms with van der Waals surface area (Å²) in [7, 11) is -0.298. The summed E-state index contributed by atoms with van der Waals surface area (Å²) in [6.07, 6.45) is 0. The van der Waals surface area contributed by atoms with Gasteiger partial charge >= 0.3 is 8.69 Å². The maximum Gasteiger partial charge on any atom is 0.395 e. The maximum atomic E-state index is 10.9. The molecule has 1 aromatic rings. The van der Waals surface area contributed by atoms with Gasteiger partial charge in [-0.1, -0.05) is 59.2 Å². The van der Waals surface area contributed by atoms with Gasteiger partial charge in [0.05, 0.1) is 0 Å². The molecule has 0 fully saturated rings. The van der Waals surface area contributed by atoms with Gasteiger partial charge < -0.3 is 4.52 Å². The lowest BCUT2D eigenvalue weighted by Gasteiger charge is -2.28. The smallest absolute Gasteiger partial charge is 0.395 e. The Morgan fingerprint density at radius 3 is 1.61 bits per heavy atom. The first-order valence-electron chi connectivity index (χ1n) is 6.22. The second-order valence-electron chi connectivity index (χ2n) is 6.85. The van der Waals surface area contributed by atoms with E-state index in [4.69, 9.17) is 4.52 Å². The zero-order valence-corrected chi connectivity index (χ0v) is 13.3. The molecule has 0 heterocycles. The Morgan fingerprint density at radius 2 is 1.33 bits per heavy atom. The third kappa shape index (κ3) is 3.32. The van der Waals surface area contributed by atoms with Crippen LogP contribution in [-0.4, -0.2) is 0 Å². The molecule has 1 aromatic carbocycles. The molecule has 1 rings (SSSR count). The largest absolute Gasteiger partial charge is 0.407 e. The SMILES string of the molecule is Cc1cc(C(C)(C)C)c(OP=O)c(C(C)(C)C)c1. The average Bonchev–Trinajstić information content (AvgIpc) is 2.17. The Bertz CT molecular complexity index is 416. The molecule has 3 heteroatoms. The number of hydrogen-bond acceptors (Lipinski definition) is 2. The second kappa shape index (κ2) is 5.01. The van der Waals surface area contributed by atoms with E-state index in [9.17, 15) is 4.57 Å². The molecule has 0 aliphatic rings. The van der Waals surface area contributed by atoms with Gasteiger partial charge in [0, 0.05) is 11.1 Å². The minimum Gasteiger partial charge on any atom is -0.407 e. The Kier molecular flexibility index (Phi) is 4.23. The standard InChI is InChI=1S/C15H23O2P/c1-10-8-11(14(2,3)4)13(17-18-16)12(9-10)15(5,6)7/h8-9H,1-7H3. The van der Waals surface area contributed by atoms with Gasteiger partial charge in [-0.15, -0.1) is 0 Å². The van der Waals surface area contributed by atoms with Crippen LogP contribution in [0.5, 0.6) is 5.75 Å². The molecule has 0 saturated carbocycles. The summed E-state index contributed by atoms with van der Waals surface area (Å²) >= 11 is 0. The predicted octanol–water partition coefficient (Wildman–Crippen LogP) is 5.18. The third-order valence-corrected chi connectivity index (χ3v) is 3.23. The molecule has 0 N–H and O–H groups in total. The van der Waals surface area contributed by atoms with Crippen molar-refractivity contribution in [1.82, 2.24) is 0 Å². The Hall–Kier alpha value is -0.880. The maximum absolute atomic E-state index is 10.9. The van der Waals surface area contributed by atoms with Gasteiger partial charge in [-0.25, -0.2) is 4.57 Å². The molecule has 0 aromatic heterocycles. The Morgan fingerprint density at radius 1 is 0.944 bits per heavy atom. The quantitative estimate of drug-likeness (QED) is 0.690. The summed E-state index contributed by atoms with van der Waals surface area (Å²) in [6.45, 7) is 14.9. The highest BCUT2D eigenvalue weighted by Gasteiger charge is 2.27. The van der Waals surface area contributed by atoms with Crippen LogP contribution in [0.4, 0.5) is 0 Å². The van der Waals surface area contributed by atoms with E-state index >= 15 is 0 Å². The van der Waals surface area contributed by atoms with Gasteiger partial charge in [-0.2, -0.15) is 0 Å². The van der Waals surface area contributed by atoms with Crippen LogP contribution in [0.25, 0.3) is 0 Å². The first kappa shape index (κ1) is 15.2. The third-order valence-electron chi connectivity index (χ3n) is 2.98. The molecule has 18 heavy (non-hydrogen) atoms. The highest BCUT2D eigenvalue weighted by Crippen LogP contribution is 2.41. The minimum atomic E-state index is -0.298. The highest BCUT2D eigenvalue weighted by molar-refractivity contribution is 7.17. The average molecular weight is 266 g/mol. The lowest BCUT2D eigenvalue weighted by atomic mass is 9.78. The van der Waals surface area contributed by atoms with Crippen LogP contribution >= 0.6 is 8.69 Å². The van der Waals surface area contributed by atoms with Crippen LogP contribution in [-0.2, 0) is 15.4 Å². The molecule has 0 spiro atoms. The van der Waals surface area contributed by atoms with Gasteiger partial charge in [0.1, 0.15) is 5.75 Å². The molecule has 0 atom stereocenters. The summed E-state index contributed by atoms with van der Waals surface area (Å²) < 4.78 is 16.3. The monoisotopic (exact) mass is 266 g/mol. The fourth-order valence-electron chi connectivity index (χ4n) is 2.02. The Balaban J connectivity index is 3.61. The van der Waals surface area contributed by atoms with E-state index in [0.29, 0.717) is 0 Å². The van der Waals surface area contributed by atoms with Gasteiger partial charge in [0.2, 0.25) is 0 Å². The minimum absolute atomic E-state index is 0.0357. The first-order valence-corrected chi connectivity index (χ1v) is 6.95. The molecular weight excluding hydrogens is 243 g/mol. The second-order valence-corrected chi connectivity index (χ2v) is 7.19. The van der Waals surface area contributed by atoms with Crippen LogP contribution in [0.1, 0.15) is 58.2 Å². The fraction of sp³-hybridized carbons (Fsp3) is 0.600. The van der Waals surface area contributed by atoms with Crippen molar-refractivity contribution in [3.05, 3.63) is 28.8 Å². The molecule has 0 aliphatic heterocycles. The molecule has 0 radical (unpaired) electrons. The van der Waals surface area contributed by atoms with Crippen LogP contribution in [0.2, 0.25) is 0 Å². The van der Waals surface area contributed by atoms with E-state index in [0.717, 1.165) is 16.9 Å². The molecule has 0 saturated heterocycles. The fourth-order valence-corrected chi connectivity index (χ4v) is 2.29. The normalized spacial score (nSPS) is 12.8. The molecular formula is C15H23O2P. The van der Waals surface area contributed by atoms with E-state index in [1.807, 2.05) is 0 Å². The van der Waals surface area contributed by atoms with Gasteiger partial charge in [-0.05, 0) is 17.8 Å². The zero-order chi connectivity index (χ0) is 14.1. The summed E-state index contributed by atoms with van der Waals surface area (Å²) in [5.41, 5.74) is 3.35. The van der Waals surface area contributed by atoms with Crippen molar-refractivity contribution in [3.8, 4) is 5.75 Å².